The predicted molar refractivity (Wildman–Crippen MR) is 103 cm³/mol. The number of fused-ring (bicyclic) bond motifs is 1. The zero-order valence-electron chi connectivity index (χ0n) is 14.2. The maximum atomic E-state index is 4.81. The Kier molecular flexibility index (Phi) is 3.56. The normalized spacial score (nSPS) is 13.6. The van der Waals surface area contributed by atoms with Crippen LogP contribution in [0.3, 0.4) is 0 Å². The van der Waals surface area contributed by atoms with Crippen LogP contribution in [0.2, 0.25) is 0 Å². The Morgan fingerprint density at radius 1 is 0.846 bits per heavy atom. The van der Waals surface area contributed by atoms with E-state index in [1.54, 1.807) is 18.6 Å². The van der Waals surface area contributed by atoms with Gasteiger partial charge in [-0.05, 0) is 29.7 Å². The Morgan fingerprint density at radius 2 is 1.73 bits per heavy atom. The Labute approximate surface area is 151 Å². The third kappa shape index (κ3) is 2.58. The van der Waals surface area contributed by atoms with Gasteiger partial charge in [-0.25, -0.2) is 15.0 Å². The summed E-state index contributed by atoms with van der Waals surface area (Å²) in [6.45, 7) is 2.07. The average molecular weight is 339 g/mol. The Balaban J connectivity index is 1.71. The second kappa shape index (κ2) is 6.19. The van der Waals surface area contributed by atoms with E-state index in [1.165, 1.54) is 12.0 Å². The first-order valence-corrected chi connectivity index (χ1v) is 8.77. The standard InChI is InChI=1S/C21H17N5/c1-2-5-15(6-3-1)16-7-8-17-18(13-16)24-20(19-14-22-9-10-23-19)25-21(17)26-11-4-12-26/h1-3,5-10,13-14H,4,11-12H2. The van der Waals surface area contributed by atoms with Crippen molar-refractivity contribution < 1.29 is 0 Å². The van der Waals surface area contributed by atoms with Crippen molar-refractivity contribution in [1.29, 1.82) is 0 Å². The van der Waals surface area contributed by atoms with Crippen molar-refractivity contribution in [3.8, 4) is 22.6 Å². The van der Waals surface area contributed by atoms with E-state index in [2.05, 4.69) is 57.3 Å². The van der Waals surface area contributed by atoms with E-state index in [1.807, 2.05) is 6.07 Å². The molecular weight excluding hydrogens is 322 g/mol. The summed E-state index contributed by atoms with van der Waals surface area (Å²) in [5.74, 6) is 1.61. The van der Waals surface area contributed by atoms with Crippen LogP contribution in [0, 0.1) is 0 Å². The molecule has 5 rings (SSSR count). The molecule has 0 bridgehead atoms. The lowest BCUT2D eigenvalue weighted by molar-refractivity contribution is 0.612. The third-order valence-corrected chi connectivity index (χ3v) is 4.73. The van der Waals surface area contributed by atoms with Crippen molar-refractivity contribution in [2.75, 3.05) is 18.0 Å². The number of hydrogen-bond donors (Lipinski definition) is 0. The first kappa shape index (κ1) is 15.0. The fourth-order valence-corrected chi connectivity index (χ4v) is 3.22. The van der Waals surface area contributed by atoms with Crippen molar-refractivity contribution in [2.45, 2.75) is 6.42 Å². The van der Waals surface area contributed by atoms with Gasteiger partial charge in [0, 0.05) is 30.9 Å². The molecule has 0 amide bonds. The Hall–Kier alpha value is -3.34. The molecule has 1 fully saturated rings. The van der Waals surface area contributed by atoms with E-state index in [0.717, 1.165) is 35.4 Å². The second-order valence-corrected chi connectivity index (χ2v) is 6.40. The molecule has 5 nitrogen and oxygen atoms in total. The van der Waals surface area contributed by atoms with Gasteiger partial charge in [0.05, 0.1) is 11.7 Å². The summed E-state index contributed by atoms with van der Waals surface area (Å²) in [7, 11) is 0. The minimum Gasteiger partial charge on any atom is -0.356 e. The van der Waals surface area contributed by atoms with E-state index in [9.17, 15) is 0 Å². The summed E-state index contributed by atoms with van der Waals surface area (Å²) in [4.78, 5) is 20.4. The van der Waals surface area contributed by atoms with E-state index < -0.39 is 0 Å². The molecule has 1 aliphatic rings. The number of nitrogens with zero attached hydrogens (tertiary/aromatic N) is 5. The number of aromatic nitrogens is 4. The van der Waals surface area contributed by atoms with Crippen LogP contribution in [0.1, 0.15) is 6.42 Å². The van der Waals surface area contributed by atoms with Crippen LogP contribution < -0.4 is 4.90 Å². The molecule has 1 saturated heterocycles. The lowest BCUT2D eigenvalue weighted by Gasteiger charge is -2.33. The largest absolute Gasteiger partial charge is 0.356 e. The molecule has 0 unspecified atom stereocenters. The highest BCUT2D eigenvalue weighted by atomic mass is 15.2. The van der Waals surface area contributed by atoms with Crippen LogP contribution in [0.4, 0.5) is 5.82 Å². The minimum absolute atomic E-state index is 0.623. The smallest absolute Gasteiger partial charge is 0.182 e. The van der Waals surface area contributed by atoms with E-state index >= 15 is 0 Å². The molecule has 126 valence electrons. The quantitative estimate of drug-likeness (QED) is 0.565. The Morgan fingerprint density at radius 3 is 2.46 bits per heavy atom. The molecule has 4 aromatic rings. The molecule has 0 atom stereocenters. The van der Waals surface area contributed by atoms with Gasteiger partial charge in [0.2, 0.25) is 0 Å². The zero-order chi connectivity index (χ0) is 17.3. The van der Waals surface area contributed by atoms with Gasteiger partial charge in [0.1, 0.15) is 11.5 Å². The molecule has 0 aliphatic carbocycles. The van der Waals surface area contributed by atoms with Crippen LogP contribution in [-0.4, -0.2) is 33.0 Å². The van der Waals surface area contributed by atoms with E-state index in [0.29, 0.717) is 11.5 Å². The fourth-order valence-electron chi connectivity index (χ4n) is 3.22. The molecule has 2 aromatic heterocycles. The molecular formula is C21H17N5. The summed E-state index contributed by atoms with van der Waals surface area (Å²) >= 11 is 0. The molecule has 1 aliphatic heterocycles. The van der Waals surface area contributed by atoms with Crippen LogP contribution in [0.5, 0.6) is 0 Å². The highest BCUT2D eigenvalue weighted by Crippen LogP contribution is 2.32. The van der Waals surface area contributed by atoms with Crippen LogP contribution in [0.25, 0.3) is 33.5 Å². The van der Waals surface area contributed by atoms with Gasteiger partial charge in [-0.2, -0.15) is 0 Å². The molecule has 2 aromatic carbocycles. The number of hydrogen-bond acceptors (Lipinski definition) is 5. The van der Waals surface area contributed by atoms with Gasteiger partial charge in [-0.15, -0.1) is 0 Å². The summed E-state index contributed by atoms with van der Waals surface area (Å²) < 4.78 is 0. The van der Waals surface area contributed by atoms with Crippen molar-refractivity contribution >= 4 is 16.7 Å². The lowest BCUT2D eigenvalue weighted by atomic mass is 10.0. The van der Waals surface area contributed by atoms with E-state index in [-0.39, 0.29) is 0 Å². The summed E-state index contributed by atoms with van der Waals surface area (Å²) in [5.41, 5.74) is 3.96. The molecule has 0 saturated carbocycles. The summed E-state index contributed by atoms with van der Waals surface area (Å²) in [6, 6.07) is 16.8. The molecule has 26 heavy (non-hydrogen) atoms. The number of benzene rings is 2. The van der Waals surface area contributed by atoms with Crippen LogP contribution in [-0.2, 0) is 0 Å². The van der Waals surface area contributed by atoms with Gasteiger partial charge in [-0.3, -0.25) is 4.98 Å². The maximum absolute atomic E-state index is 4.81. The van der Waals surface area contributed by atoms with Gasteiger partial charge in [-0.1, -0.05) is 36.4 Å². The zero-order valence-corrected chi connectivity index (χ0v) is 14.2. The monoisotopic (exact) mass is 339 g/mol. The first-order chi connectivity index (χ1) is 12.9. The molecule has 0 radical (unpaired) electrons. The number of anilines is 1. The Bertz CT molecular complexity index is 1050. The maximum Gasteiger partial charge on any atom is 0.182 e. The highest BCUT2D eigenvalue weighted by molar-refractivity contribution is 5.94. The van der Waals surface area contributed by atoms with Crippen molar-refractivity contribution in [2.24, 2.45) is 0 Å². The third-order valence-electron chi connectivity index (χ3n) is 4.73. The van der Waals surface area contributed by atoms with E-state index in [4.69, 9.17) is 9.97 Å². The van der Waals surface area contributed by atoms with Gasteiger partial charge >= 0.3 is 0 Å². The summed E-state index contributed by atoms with van der Waals surface area (Å²) in [6.07, 6.45) is 6.25. The van der Waals surface area contributed by atoms with Crippen molar-refractivity contribution in [1.82, 2.24) is 19.9 Å². The topological polar surface area (TPSA) is 54.8 Å². The summed E-state index contributed by atoms with van der Waals surface area (Å²) in [5, 5.41) is 1.08. The van der Waals surface area contributed by atoms with Crippen LogP contribution >= 0.6 is 0 Å². The SMILES string of the molecule is c1ccc(-c2ccc3c(N4CCC4)nc(-c4cnccn4)nc3c2)cc1. The van der Waals surface area contributed by atoms with Crippen molar-refractivity contribution in [3.05, 3.63) is 67.1 Å². The predicted octanol–water partition coefficient (Wildman–Crippen LogP) is 3.96. The average Bonchev–Trinajstić information content (AvgIpc) is 2.67. The molecule has 0 spiro atoms. The first-order valence-electron chi connectivity index (χ1n) is 8.77. The van der Waals surface area contributed by atoms with Crippen molar-refractivity contribution in [3.63, 3.8) is 0 Å². The second-order valence-electron chi connectivity index (χ2n) is 6.40. The van der Waals surface area contributed by atoms with Crippen LogP contribution in [0.15, 0.2) is 67.1 Å². The highest BCUT2D eigenvalue weighted by Gasteiger charge is 2.21. The molecule has 0 N–H and O–H groups in total. The fraction of sp³-hybridized carbons (Fsp3) is 0.143. The number of rotatable bonds is 3. The minimum atomic E-state index is 0.623. The molecule has 3 heterocycles. The van der Waals surface area contributed by atoms with Gasteiger partial charge in [0.15, 0.2) is 5.82 Å². The molecule has 5 heteroatoms. The van der Waals surface area contributed by atoms with Gasteiger partial charge in [0.25, 0.3) is 0 Å². The van der Waals surface area contributed by atoms with Gasteiger partial charge < -0.3 is 4.90 Å². The lowest BCUT2D eigenvalue weighted by Crippen LogP contribution is -2.37.